The third-order valence-electron chi connectivity index (χ3n) is 3.37. The second-order valence-electron chi connectivity index (χ2n) is 5.57. The predicted molar refractivity (Wildman–Crippen MR) is 100 cm³/mol. The van der Waals surface area contributed by atoms with Gasteiger partial charge in [0.2, 0.25) is 10.0 Å². The third kappa shape index (κ3) is 4.64. The highest BCUT2D eigenvalue weighted by molar-refractivity contribution is 7.92. The van der Waals surface area contributed by atoms with Gasteiger partial charge in [0.25, 0.3) is 5.91 Å². The Morgan fingerprint density at radius 1 is 0.923 bits per heavy atom. The molecule has 0 spiro atoms. The first kappa shape index (κ1) is 17.6. The fourth-order valence-corrected chi connectivity index (χ4v) is 2.83. The van der Waals surface area contributed by atoms with Gasteiger partial charge in [0.05, 0.1) is 24.3 Å². The van der Waals surface area contributed by atoms with E-state index < -0.39 is 15.9 Å². The Morgan fingerprint density at radius 2 is 1.62 bits per heavy atom. The van der Waals surface area contributed by atoms with Crippen molar-refractivity contribution < 1.29 is 13.2 Å². The van der Waals surface area contributed by atoms with Crippen LogP contribution in [0.25, 0.3) is 11.4 Å². The molecule has 0 bridgehead atoms. The molecular weight excluding hydrogens is 352 g/mol. The summed E-state index contributed by atoms with van der Waals surface area (Å²) in [4.78, 5) is 20.8. The van der Waals surface area contributed by atoms with Gasteiger partial charge < -0.3 is 5.32 Å². The SMILES string of the molecule is CS(=O)(=O)Nc1cccc(C(=O)Nc2cnc(-c3ccccc3)nc2)c1. The van der Waals surface area contributed by atoms with E-state index in [4.69, 9.17) is 0 Å². The average Bonchev–Trinajstić information content (AvgIpc) is 2.62. The van der Waals surface area contributed by atoms with E-state index in [1.165, 1.54) is 18.5 Å². The smallest absolute Gasteiger partial charge is 0.255 e. The summed E-state index contributed by atoms with van der Waals surface area (Å²) in [7, 11) is -3.41. The van der Waals surface area contributed by atoms with Crippen molar-refractivity contribution in [3.8, 4) is 11.4 Å². The van der Waals surface area contributed by atoms with Crippen LogP contribution in [0.5, 0.6) is 0 Å². The fourth-order valence-electron chi connectivity index (χ4n) is 2.27. The molecule has 132 valence electrons. The Bertz CT molecular complexity index is 1020. The maximum atomic E-state index is 12.3. The van der Waals surface area contributed by atoms with Crippen LogP contribution in [0.3, 0.4) is 0 Å². The maximum absolute atomic E-state index is 12.3. The van der Waals surface area contributed by atoms with E-state index in [9.17, 15) is 13.2 Å². The van der Waals surface area contributed by atoms with Crippen LogP contribution in [0, 0.1) is 0 Å². The summed E-state index contributed by atoms with van der Waals surface area (Å²) in [6, 6.07) is 15.7. The van der Waals surface area contributed by atoms with Crippen LogP contribution in [0.2, 0.25) is 0 Å². The van der Waals surface area contributed by atoms with E-state index in [1.54, 1.807) is 18.2 Å². The van der Waals surface area contributed by atoms with Crippen LogP contribution in [0.15, 0.2) is 67.0 Å². The van der Waals surface area contributed by atoms with Crippen molar-refractivity contribution in [3.63, 3.8) is 0 Å². The van der Waals surface area contributed by atoms with Crippen molar-refractivity contribution in [3.05, 3.63) is 72.6 Å². The molecule has 0 atom stereocenters. The monoisotopic (exact) mass is 368 g/mol. The summed E-state index contributed by atoms with van der Waals surface area (Å²) in [6.45, 7) is 0. The van der Waals surface area contributed by atoms with E-state index in [0.717, 1.165) is 11.8 Å². The zero-order valence-electron chi connectivity index (χ0n) is 13.9. The minimum Gasteiger partial charge on any atom is -0.319 e. The van der Waals surface area contributed by atoms with Gasteiger partial charge in [0.15, 0.2) is 5.82 Å². The number of amides is 1. The van der Waals surface area contributed by atoms with Gasteiger partial charge in [-0.25, -0.2) is 18.4 Å². The van der Waals surface area contributed by atoms with Crippen molar-refractivity contribution in [2.75, 3.05) is 16.3 Å². The first-order chi connectivity index (χ1) is 12.4. The summed E-state index contributed by atoms with van der Waals surface area (Å²) < 4.78 is 24.9. The van der Waals surface area contributed by atoms with Gasteiger partial charge in [-0.3, -0.25) is 9.52 Å². The highest BCUT2D eigenvalue weighted by Crippen LogP contribution is 2.16. The number of aromatic nitrogens is 2. The van der Waals surface area contributed by atoms with Crippen molar-refractivity contribution in [2.45, 2.75) is 0 Å². The van der Waals surface area contributed by atoms with Gasteiger partial charge in [-0.2, -0.15) is 0 Å². The molecule has 1 amide bonds. The lowest BCUT2D eigenvalue weighted by Gasteiger charge is -2.08. The van der Waals surface area contributed by atoms with Crippen LogP contribution in [0.4, 0.5) is 11.4 Å². The standard InChI is InChI=1S/C18H16N4O3S/c1-26(24,25)22-15-9-5-8-14(10-15)18(23)21-16-11-19-17(20-12-16)13-6-3-2-4-7-13/h2-12,22H,1H3,(H,21,23). The molecule has 26 heavy (non-hydrogen) atoms. The number of hydrogen-bond donors (Lipinski definition) is 2. The molecule has 8 heteroatoms. The topological polar surface area (TPSA) is 101 Å². The lowest BCUT2D eigenvalue weighted by atomic mass is 10.2. The molecule has 3 rings (SSSR count). The number of hydrogen-bond acceptors (Lipinski definition) is 5. The number of benzene rings is 2. The largest absolute Gasteiger partial charge is 0.319 e. The van der Waals surface area contributed by atoms with Crippen molar-refractivity contribution in [1.82, 2.24) is 9.97 Å². The Labute approximate surface area is 151 Å². The van der Waals surface area contributed by atoms with Gasteiger partial charge >= 0.3 is 0 Å². The van der Waals surface area contributed by atoms with E-state index >= 15 is 0 Å². The molecule has 0 aliphatic heterocycles. The molecule has 2 aromatic carbocycles. The molecule has 0 aliphatic carbocycles. The Balaban J connectivity index is 1.73. The highest BCUT2D eigenvalue weighted by Gasteiger charge is 2.09. The molecule has 3 aromatic rings. The van der Waals surface area contributed by atoms with Crippen LogP contribution in [-0.2, 0) is 10.0 Å². The second-order valence-corrected chi connectivity index (χ2v) is 7.32. The first-order valence-electron chi connectivity index (χ1n) is 7.67. The quantitative estimate of drug-likeness (QED) is 0.721. The van der Waals surface area contributed by atoms with Crippen LogP contribution in [-0.4, -0.2) is 30.5 Å². The van der Waals surface area contributed by atoms with E-state index in [0.29, 0.717) is 22.8 Å². The molecule has 1 heterocycles. The lowest BCUT2D eigenvalue weighted by Crippen LogP contribution is -2.14. The summed E-state index contributed by atoms with van der Waals surface area (Å²) >= 11 is 0. The molecule has 0 saturated carbocycles. The number of nitrogens with zero attached hydrogens (tertiary/aromatic N) is 2. The third-order valence-corrected chi connectivity index (χ3v) is 3.98. The van der Waals surface area contributed by atoms with Crippen LogP contribution in [0.1, 0.15) is 10.4 Å². The molecule has 0 fully saturated rings. The molecule has 0 aliphatic rings. The van der Waals surface area contributed by atoms with Crippen LogP contribution < -0.4 is 10.0 Å². The van der Waals surface area contributed by atoms with Gasteiger partial charge in [-0.05, 0) is 18.2 Å². The minimum absolute atomic E-state index is 0.311. The Hall–Kier alpha value is -3.26. The number of carbonyl (C=O) groups is 1. The van der Waals surface area contributed by atoms with Crippen molar-refractivity contribution in [1.29, 1.82) is 0 Å². The van der Waals surface area contributed by atoms with E-state index in [2.05, 4.69) is 20.0 Å². The van der Waals surface area contributed by atoms with Gasteiger partial charge in [0, 0.05) is 16.8 Å². The number of rotatable bonds is 5. The van der Waals surface area contributed by atoms with Gasteiger partial charge in [-0.15, -0.1) is 0 Å². The van der Waals surface area contributed by atoms with Gasteiger partial charge in [0.1, 0.15) is 0 Å². The molecule has 2 N–H and O–H groups in total. The number of carbonyl (C=O) groups excluding carboxylic acids is 1. The highest BCUT2D eigenvalue weighted by atomic mass is 32.2. The van der Waals surface area contributed by atoms with E-state index in [-0.39, 0.29) is 0 Å². The number of sulfonamides is 1. The Kier molecular flexibility index (Phi) is 4.94. The fraction of sp³-hybridized carbons (Fsp3) is 0.0556. The second kappa shape index (κ2) is 7.32. The molecule has 7 nitrogen and oxygen atoms in total. The first-order valence-corrected chi connectivity index (χ1v) is 9.56. The zero-order valence-corrected chi connectivity index (χ0v) is 14.7. The van der Waals surface area contributed by atoms with Crippen molar-refractivity contribution >= 4 is 27.3 Å². The summed E-state index contributed by atoms with van der Waals surface area (Å²) in [5.74, 6) is 0.168. The van der Waals surface area contributed by atoms with E-state index in [1.807, 2.05) is 30.3 Å². The number of nitrogens with one attached hydrogen (secondary N) is 2. The number of anilines is 2. The molecule has 1 aromatic heterocycles. The molecule has 0 unspecified atom stereocenters. The maximum Gasteiger partial charge on any atom is 0.255 e. The average molecular weight is 368 g/mol. The normalized spacial score (nSPS) is 11.0. The summed E-state index contributed by atoms with van der Waals surface area (Å²) in [5, 5.41) is 2.69. The van der Waals surface area contributed by atoms with Crippen molar-refractivity contribution in [2.24, 2.45) is 0 Å². The molecule has 0 saturated heterocycles. The zero-order chi connectivity index (χ0) is 18.6. The Morgan fingerprint density at radius 3 is 2.27 bits per heavy atom. The summed E-state index contributed by atoms with van der Waals surface area (Å²) in [5.41, 5.74) is 1.95. The summed E-state index contributed by atoms with van der Waals surface area (Å²) in [6.07, 6.45) is 4.09. The lowest BCUT2D eigenvalue weighted by molar-refractivity contribution is 0.102. The minimum atomic E-state index is -3.41. The predicted octanol–water partition coefficient (Wildman–Crippen LogP) is 2.77. The van der Waals surface area contributed by atoms with Gasteiger partial charge in [-0.1, -0.05) is 36.4 Å². The molecular formula is C18H16N4O3S. The molecule has 0 radical (unpaired) electrons. The van der Waals surface area contributed by atoms with Crippen LogP contribution >= 0.6 is 0 Å².